The molecule has 0 unspecified atom stereocenters. The summed E-state index contributed by atoms with van der Waals surface area (Å²) < 4.78 is 59.2. The van der Waals surface area contributed by atoms with Crippen molar-refractivity contribution in [3.8, 4) is 5.75 Å². The number of carbonyl (C=O) groups is 2. The normalized spacial score (nSPS) is 11.1. The Morgan fingerprint density at radius 2 is 1.77 bits per heavy atom. The second kappa shape index (κ2) is 7.58. The van der Waals surface area contributed by atoms with Crippen molar-refractivity contribution in [1.82, 2.24) is 0 Å². The Hall–Kier alpha value is -2.85. The van der Waals surface area contributed by atoms with Crippen LogP contribution in [0.3, 0.4) is 0 Å². The van der Waals surface area contributed by atoms with E-state index in [1.807, 2.05) is 0 Å². The highest BCUT2D eigenvalue weighted by Gasteiger charge is 2.19. The molecule has 0 aliphatic rings. The van der Waals surface area contributed by atoms with E-state index >= 15 is 0 Å². The van der Waals surface area contributed by atoms with Crippen LogP contribution in [0.2, 0.25) is 0 Å². The molecular weight excluding hydrogens is 372 g/mol. The van der Waals surface area contributed by atoms with E-state index in [1.54, 1.807) is 0 Å². The van der Waals surface area contributed by atoms with Crippen LogP contribution in [0.4, 0.5) is 8.78 Å². The van der Waals surface area contributed by atoms with Crippen LogP contribution < -0.4 is 9.88 Å². The standard InChI is InChI=1S/C16H13F2NO6S/c1-24-15-5-2-9(6-13(15)18)14(20)8-25-16(21)11-7-10(26(19,22)23)3-4-12(11)17/h2-7H,8H2,1H3,(H2,19,22,23). The number of esters is 1. The third kappa shape index (κ3) is 4.41. The largest absolute Gasteiger partial charge is 0.494 e. The first-order valence-electron chi connectivity index (χ1n) is 6.99. The van der Waals surface area contributed by atoms with Gasteiger partial charge in [0.15, 0.2) is 24.0 Å². The Kier molecular flexibility index (Phi) is 5.68. The fraction of sp³-hybridized carbons (Fsp3) is 0.125. The molecule has 0 saturated carbocycles. The third-order valence-corrected chi connectivity index (χ3v) is 4.21. The molecule has 10 heteroatoms. The van der Waals surface area contributed by atoms with E-state index < -0.39 is 50.5 Å². The molecule has 0 saturated heterocycles. The summed E-state index contributed by atoms with van der Waals surface area (Å²) in [6, 6.07) is 5.70. The Morgan fingerprint density at radius 1 is 1.08 bits per heavy atom. The Balaban J connectivity index is 2.13. The molecule has 2 N–H and O–H groups in total. The number of hydrogen-bond donors (Lipinski definition) is 1. The molecule has 2 rings (SSSR count). The van der Waals surface area contributed by atoms with Gasteiger partial charge < -0.3 is 9.47 Å². The number of rotatable bonds is 6. The molecule has 0 amide bonds. The molecule has 138 valence electrons. The summed E-state index contributed by atoms with van der Waals surface area (Å²) in [6.45, 7) is -0.802. The summed E-state index contributed by atoms with van der Waals surface area (Å²) in [7, 11) is -2.90. The molecule has 0 fully saturated rings. The van der Waals surface area contributed by atoms with E-state index in [2.05, 4.69) is 4.74 Å². The fourth-order valence-electron chi connectivity index (χ4n) is 1.97. The topological polar surface area (TPSA) is 113 Å². The monoisotopic (exact) mass is 385 g/mol. The van der Waals surface area contributed by atoms with Gasteiger partial charge in [0.05, 0.1) is 17.6 Å². The zero-order valence-electron chi connectivity index (χ0n) is 13.4. The highest BCUT2D eigenvalue weighted by atomic mass is 32.2. The zero-order chi connectivity index (χ0) is 19.5. The van der Waals surface area contributed by atoms with Crippen molar-refractivity contribution >= 4 is 21.8 Å². The number of ether oxygens (including phenoxy) is 2. The van der Waals surface area contributed by atoms with Gasteiger partial charge in [0.25, 0.3) is 0 Å². The molecule has 0 aliphatic heterocycles. The SMILES string of the molecule is COc1ccc(C(=O)COC(=O)c2cc(S(N)(=O)=O)ccc2F)cc1F. The van der Waals surface area contributed by atoms with Crippen molar-refractivity contribution in [3.63, 3.8) is 0 Å². The van der Waals surface area contributed by atoms with Crippen molar-refractivity contribution in [2.75, 3.05) is 13.7 Å². The molecule has 0 radical (unpaired) electrons. The van der Waals surface area contributed by atoms with E-state index in [9.17, 15) is 26.8 Å². The highest BCUT2D eigenvalue weighted by Crippen LogP contribution is 2.19. The number of nitrogens with two attached hydrogens (primary N) is 1. The van der Waals surface area contributed by atoms with Crippen molar-refractivity contribution in [2.45, 2.75) is 4.90 Å². The lowest BCUT2D eigenvalue weighted by Crippen LogP contribution is -2.17. The first kappa shape index (κ1) is 19.5. The molecule has 0 bridgehead atoms. The number of hydrogen-bond acceptors (Lipinski definition) is 6. The van der Waals surface area contributed by atoms with Crippen LogP contribution in [0.1, 0.15) is 20.7 Å². The Labute approximate surface area is 147 Å². The smallest absolute Gasteiger partial charge is 0.341 e. The lowest BCUT2D eigenvalue weighted by molar-refractivity contribution is 0.0469. The lowest BCUT2D eigenvalue weighted by atomic mass is 10.1. The van der Waals surface area contributed by atoms with Crippen LogP contribution in [0.5, 0.6) is 5.75 Å². The van der Waals surface area contributed by atoms with Gasteiger partial charge >= 0.3 is 5.97 Å². The summed E-state index contributed by atoms with van der Waals surface area (Å²) >= 11 is 0. The summed E-state index contributed by atoms with van der Waals surface area (Å²) in [5.41, 5.74) is -0.792. The van der Waals surface area contributed by atoms with Crippen molar-refractivity contribution in [1.29, 1.82) is 0 Å². The van der Waals surface area contributed by atoms with E-state index in [-0.39, 0.29) is 11.3 Å². The Bertz CT molecular complexity index is 975. The molecule has 0 spiro atoms. The van der Waals surface area contributed by atoms with E-state index in [4.69, 9.17) is 9.88 Å². The minimum absolute atomic E-state index is 0.0691. The number of ketones is 1. The maximum absolute atomic E-state index is 13.7. The van der Waals surface area contributed by atoms with Gasteiger partial charge in [-0.2, -0.15) is 0 Å². The molecule has 2 aromatic carbocycles. The van der Waals surface area contributed by atoms with Gasteiger partial charge in [0, 0.05) is 5.56 Å². The lowest BCUT2D eigenvalue weighted by Gasteiger charge is -2.08. The minimum Gasteiger partial charge on any atom is -0.494 e. The third-order valence-electron chi connectivity index (χ3n) is 3.29. The summed E-state index contributed by atoms with van der Waals surface area (Å²) in [6.07, 6.45) is 0. The summed E-state index contributed by atoms with van der Waals surface area (Å²) in [4.78, 5) is 23.4. The quantitative estimate of drug-likeness (QED) is 0.598. The number of halogens is 2. The molecule has 0 aliphatic carbocycles. The van der Waals surface area contributed by atoms with E-state index in [1.165, 1.54) is 19.2 Å². The van der Waals surface area contributed by atoms with Gasteiger partial charge in [0.2, 0.25) is 10.0 Å². The van der Waals surface area contributed by atoms with Gasteiger partial charge in [-0.05, 0) is 36.4 Å². The molecule has 0 aromatic heterocycles. The molecule has 0 atom stereocenters. The van der Waals surface area contributed by atoms with Gasteiger partial charge in [-0.15, -0.1) is 0 Å². The number of Topliss-reactive ketones (excluding diaryl/α,β-unsaturated/α-hetero) is 1. The van der Waals surface area contributed by atoms with Gasteiger partial charge in [-0.3, -0.25) is 4.79 Å². The zero-order valence-corrected chi connectivity index (χ0v) is 14.2. The molecule has 0 heterocycles. The number of sulfonamides is 1. The summed E-state index contributed by atoms with van der Waals surface area (Å²) in [5, 5.41) is 4.91. The maximum atomic E-state index is 13.7. The van der Waals surface area contributed by atoms with Crippen LogP contribution in [0.15, 0.2) is 41.3 Å². The van der Waals surface area contributed by atoms with Crippen molar-refractivity contribution in [2.24, 2.45) is 5.14 Å². The van der Waals surface area contributed by atoms with E-state index in [0.29, 0.717) is 6.07 Å². The Morgan fingerprint density at radius 3 is 2.35 bits per heavy atom. The average Bonchev–Trinajstić information content (AvgIpc) is 2.58. The van der Waals surface area contributed by atoms with Gasteiger partial charge in [0.1, 0.15) is 5.82 Å². The van der Waals surface area contributed by atoms with Crippen molar-refractivity contribution in [3.05, 3.63) is 59.2 Å². The fourth-order valence-corrected chi connectivity index (χ4v) is 2.51. The predicted octanol–water partition coefficient (Wildman–Crippen LogP) is 1.66. The number of methoxy groups -OCH3 is 1. The summed E-state index contributed by atoms with van der Waals surface area (Å²) in [5.74, 6) is -3.92. The van der Waals surface area contributed by atoms with Crippen LogP contribution >= 0.6 is 0 Å². The first-order chi connectivity index (χ1) is 12.1. The minimum atomic E-state index is -4.16. The van der Waals surface area contributed by atoms with E-state index in [0.717, 1.165) is 18.2 Å². The predicted molar refractivity (Wildman–Crippen MR) is 85.3 cm³/mol. The second-order valence-electron chi connectivity index (χ2n) is 5.04. The molecular formula is C16H13F2NO6S. The van der Waals surface area contributed by atoms with Crippen LogP contribution in [0, 0.1) is 11.6 Å². The second-order valence-corrected chi connectivity index (χ2v) is 6.60. The van der Waals surface area contributed by atoms with Crippen molar-refractivity contribution < 1.29 is 36.3 Å². The molecule has 2 aromatic rings. The van der Waals surface area contributed by atoms with Crippen LogP contribution in [0.25, 0.3) is 0 Å². The number of benzene rings is 2. The molecule has 26 heavy (non-hydrogen) atoms. The van der Waals surface area contributed by atoms with Gasteiger partial charge in [-0.1, -0.05) is 0 Å². The molecule has 7 nitrogen and oxygen atoms in total. The van der Waals surface area contributed by atoms with Gasteiger partial charge in [-0.25, -0.2) is 27.1 Å². The average molecular weight is 385 g/mol. The first-order valence-corrected chi connectivity index (χ1v) is 8.54. The highest BCUT2D eigenvalue weighted by molar-refractivity contribution is 7.89. The number of primary sulfonamides is 1. The maximum Gasteiger partial charge on any atom is 0.341 e. The van der Waals surface area contributed by atoms with Crippen LogP contribution in [-0.2, 0) is 14.8 Å². The van der Waals surface area contributed by atoms with Crippen LogP contribution in [-0.4, -0.2) is 33.9 Å². The number of carbonyl (C=O) groups excluding carboxylic acids is 2.